The van der Waals surface area contributed by atoms with Crippen LogP contribution in [-0.2, 0) is 21.4 Å². The fourth-order valence-electron chi connectivity index (χ4n) is 3.70. The summed E-state index contributed by atoms with van der Waals surface area (Å²) in [4.78, 5) is 12.9. The van der Waals surface area contributed by atoms with Crippen LogP contribution in [0.1, 0.15) is 23.1 Å². The van der Waals surface area contributed by atoms with E-state index in [0.717, 1.165) is 16.7 Å². The lowest BCUT2D eigenvalue weighted by Gasteiger charge is -2.25. The largest absolute Gasteiger partial charge is 0.486 e. The van der Waals surface area contributed by atoms with Crippen molar-refractivity contribution in [3.8, 4) is 11.5 Å². The van der Waals surface area contributed by atoms with E-state index >= 15 is 0 Å². The molecule has 8 heteroatoms. The summed E-state index contributed by atoms with van der Waals surface area (Å²) in [6.07, 6.45) is 0.00531. The highest BCUT2D eigenvalue weighted by Gasteiger charge is 2.25. The van der Waals surface area contributed by atoms with Crippen LogP contribution in [0.4, 0.5) is 5.69 Å². The van der Waals surface area contributed by atoms with Gasteiger partial charge in [-0.2, -0.15) is 0 Å². The molecule has 0 saturated carbocycles. The van der Waals surface area contributed by atoms with Gasteiger partial charge in [-0.1, -0.05) is 47.5 Å². The lowest BCUT2D eigenvalue weighted by atomic mass is 10.1. The van der Waals surface area contributed by atoms with E-state index in [1.54, 1.807) is 36.4 Å². The highest BCUT2D eigenvalue weighted by atomic mass is 32.2. The molecule has 0 unspecified atom stereocenters. The molecule has 0 radical (unpaired) electrons. The average molecular weight is 481 g/mol. The zero-order valence-corrected chi connectivity index (χ0v) is 20.1. The third kappa shape index (κ3) is 5.34. The molecule has 178 valence electrons. The van der Waals surface area contributed by atoms with E-state index in [1.165, 1.54) is 4.31 Å². The molecule has 3 aromatic carbocycles. The molecule has 1 aliphatic rings. The molecule has 1 aliphatic heterocycles. The highest BCUT2D eigenvalue weighted by molar-refractivity contribution is 7.92. The summed E-state index contributed by atoms with van der Waals surface area (Å²) in [5.41, 5.74) is 3.32. The minimum atomic E-state index is -3.84. The standard InChI is InChI=1S/C26H28N2O5S/c1-19-6-10-22(11-7-19)28(34(30,31)23-12-8-20(2)9-13-23)15-14-25(29)27-18-21-4-3-5-24-26(21)33-17-16-32-24/h3-13H,14-18H2,1-2H3,(H,27,29). The number of anilines is 1. The molecule has 0 saturated heterocycles. The lowest BCUT2D eigenvalue weighted by molar-refractivity contribution is -0.121. The number of carbonyl (C=O) groups is 1. The number of nitrogens with zero attached hydrogens (tertiary/aromatic N) is 1. The van der Waals surface area contributed by atoms with E-state index in [-0.39, 0.29) is 30.3 Å². The smallest absolute Gasteiger partial charge is 0.264 e. The second-order valence-corrected chi connectivity index (χ2v) is 10.1. The Morgan fingerprint density at radius 3 is 2.26 bits per heavy atom. The Bertz CT molecular complexity index is 1260. The predicted molar refractivity (Wildman–Crippen MR) is 131 cm³/mol. The van der Waals surface area contributed by atoms with Crippen LogP contribution in [0.3, 0.4) is 0 Å². The minimum absolute atomic E-state index is 0.00531. The van der Waals surface area contributed by atoms with Gasteiger partial charge in [0.25, 0.3) is 10.0 Å². The number of nitrogens with one attached hydrogen (secondary N) is 1. The Morgan fingerprint density at radius 1 is 0.912 bits per heavy atom. The van der Waals surface area contributed by atoms with Gasteiger partial charge in [-0.05, 0) is 44.2 Å². The Morgan fingerprint density at radius 2 is 1.56 bits per heavy atom. The number of benzene rings is 3. The number of hydrogen-bond acceptors (Lipinski definition) is 5. The number of amides is 1. The van der Waals surface area contributed by atoms with E-state index in [9.17, 15) is 13.2 Å². The molecule has 4 rings (SSSR count). The predicted octanol–water partition coefficient (Wildman–Crippen LogP) is 3.98. The van der Waals surface area contributed by atoms with Gasteiger partial charge in [0.15, 0.2) is 11.5 Å². The summed E-state index contributed by atoms with van der Waals surface area (Å²) < 4.78 is 39.5. The first-order valence-electron chi connectivity index (χ1n) is 11.1. The second-order valence-electron chi connectivity index (χ2n) is 8.19. The number of sulfonamides is 1. The Labute approximate surface area is 200 Å². The van der Waals surface area contributed by atoms with Gasteiger partial charge in [-0.25, -0.2) is 8.42 Å². The van der Waals surface area contributed by atoms with Crippen LogP contribution < -0.4 is 19.1 Å². The van der Waals surface area contributed by atoms with Crippen LogP contribution in [0.2, 0.25) is 0 Å². The Kier molecular flexibility index (Phi) is 7.07. The second kappa shape index (κ2) is 10.2. The van der Waals surface area contributed by atoms with Gasteiger partial charge in [0.1, 0.15) is 13.2 Å². The molecule has 34 heavy (non-hydrogen) atoms. The molecule has 1 heterocycles. The molecule has 0 fully saturated rings. The molecule has 1 amide bonds. The first kappa shape index (κ1) is 23.6. The van der Waals surface area contributed by atoms with Gasteiger partial charge < -0.3 is 14.8 Å². The van der Waals surface area contributed by atoms with Crippen molar-refractivity contribution < 1.29 is 22.7 Å². The van der Waals surface area contributed by atoms with Crippen molar-refractivity contribution in [1.29, 1.82) is 0 Å². The minimum Gasteiger partial charge on any atom is -0.486 e. The fraction of sp³-hybridized carbons (Fsp3) is 0.269. The number of aryl methyl sites for hydroxylation is 2. The molecular formula is C26H28N2O5S. The number of rotatable bonds is 8. The fourth-order valence-corrected chi connectivity index (χ4v) is 5.16. The van der Waals surface area contributed by atoms with Crippen LogP contribution in [0.5, 0.6) is 11.5 Å². The highest BCUT2D eigenvalue weighted by Crippen LogP contribution is 2.33. The van der Waals surface area contributed by atoms with Crippen molar-refractivity contribution in [3.05, 3.63) is 83.4 Å². The molecule has 0 atom stereocenters. The van der Waals surface area contributed by atoms with Gasteiger partial charge in [0.2, 0.25) is 5.91 Å². The van der Waals surface area contributed by atoms with Crippen LogP contribution in [0.25, 0.3) is 0 Å². The van der Waals surface area contributed by atoms with Gasteiger partial charge in [-0.15, -0.1) is 0 Å². The van der Waals surface area contributed by atoms with Crippen LogP contribution >= 0.6 is 0 Å². The summed E-state index contributed by atoms with van der Waals surface area (Å²) in [6, 6.07) is 19.5. The molecular weight excluding hydrogens is 452 g/mol. The number of ether oxygens (including phenoxy) is 2. The summed E-state index contributed by atoms with van der Waals surface area (Å²) in [6.45, 7) is 5.07. The van der Waals surface area contributed by atoms with Gasteiger partial charge >= 0.3 is 0 Å². The van der Waals surface area contributed by atoms with E-state index < -0.39 is 10.0 Å². The maximum atomic E-state index is 13.4. The van der Waals surface area contributed by atoms with Crippen molar-refractivity contribution in [2.75, 3.05) is 24.1 Å². The van der Waals surface area contributed by atoms with Crippen LogP contribution in [0.15, 0.2) is 71.6 Å². The van der Waals surface area contributed by atoms with E-state index in [0.29, 0.717) is 30.4 Å². The summed E-state index contributed by atoms with van der Waals surface area (Å²) in [5.74, 6) is 1.04. The number of hydrogen-bond donors (Lipinski definition) is 1. The maximum absolute atomic E-state index is 13.4. The molecule has 0 spiro atoms. The van der Waals surface area contributed by atoms with Crippen molar-refractivity contribution in [2.24, 2.45) is 0 Å². The zero-order valence-electron chi connectivity index (χ0n) is 19.3. The monoisotopic (exact) mass is 480 g/mol. The Balaban J connectivity index is 1.48. The summed E-state index contributed by atoms with van der Waals surface area (Å²) in [7, 11) is -3.84. The molecule has 0 aliphatic carbocycles. The van der Waals surface area contributed by atoms with E-state index in [4.69, 9.17) is 9.47 Å². The molecule has 0 aromatic heterocycles. The van der Waals surface area contributed by atoms with E-state index in [2.05, 4.69) is 5.32 Å². The van der Waals surface area contributed by atoms with Gasteiger partial charge in [0, 0.05) is 25.1 Å². The van der Waals surface area contributed by atoms with Crippen LogP contribution in [0, 0.1) is 13.8 Å². The maximum Gasteiger partial charge on any atom is 0.264 e. The quantitative estimate of drug-likeness (QED) is 0.527. The van der Waals surface area contributed by atoms with Gasteiger partial charge in [-0.3, -0.25) is 9.10 Å². The summed E-state index contributed by atoms with van der Waals surface area (Å²) >= 11 is 0. The summed E-state index contributed by atoms with van der Waals surface area (Å²) in [5, 5.41) is 2.87. The number of para-hydroxylation sites is 1. The molecule has 3 aromatic rings. The molecule has 0 bridgehead atoms. The van der Waals surface area contributed by atoms with Crippen LogP contribution in [-0.4, -0.2) is 34.1 Å². The average Bonchev–Trinajstić information content (AvgIpc) is 2.84. The van der Waals surface area contributed by atoms with Crippen molar-refractivity contribution in [3.63, 3.8) is 0 Å². The number of carbonyl (C=O) groups excluding carboxylic acids is 1. The lowest BCUT2D eigenvalue weighted by Crippen LogP contribution is -2.35. The van der Waals surface area contributed by atoms with Crippen molar-refractivity contribution in [2.45, 2.75) is 31.7 Å². The molecule has 1 N–H and O–H groups in total. The van der Waals surface area contributed by atoms with Crippen molar-refractivity contribution >= 4 is 21.6 Å². The third-order valence-electron chi connectivity index (χ3n) is 5.60. The first-order valence-corrected chi connectivity index (χ1v) is 12.6. The first-order chi connectivity index (χ1) is 16.3. The normalized spacial score (nSPS) is 12.8. The van der Waals surface area contributed by atoms with E-state index in [1.807, 2.05) is 44.2 Å². The topological polar surface area (TPSA) is 84.9 Å². The number of fused-ring (bicyclic) bond motifs is 1. The SMILES string of the molecule is Cc1ccc(N(CCC(=O)NCc2cccc3c2OCCO3)S(=O)(=O)c2ccc(C)cc2)cc1. The van der Waals surface area contributed by atoms with Gasteiger partial charge in [0.05, 0.1) is 10.6 Å². The third-order valence-corrected chi connectivity index (χ3v) is 7.44. The zero-order chi connectivity index (χ0) is 24.1. The Hall–Kier alpha value is -3.52. The molecule has 7 nitrogen and oxygen atoms in total. The van der Waals surface area contributed by atoms with Crippen molar-refractivity contribution in [1.82, 2.24) is 5.32 Å².